The molecule has 2 unspecified atom stereocenters. The largest absolute Gasteiger partial charge is 0.298 e. The minimum Gasteiger partial charge on any atom is -0.298 e. The molecule has 1 saturated heterocycles. The first-order valence-electron chi connectivity index (χ1n) is 11.5. The van der Waals surface area contributed by atoms with E-state index in [4.69, 9.17) is 0 Å². The van der Waals surface area contributed by atoms with Crippen LogP contribution in [0.25, 0.3) is 0 Å². The maximum Gasteiger partial charge on any atom is 0.172 e. The predicted molar refractivity (Wildman–Crippen MR) is 132 cm³/mol. The van der Waals surface area contributed by atoms with Crippen LogP contribution in [0.15, 0.2) is 72.8 Å². The molecule has 0 saturated carbocycles. The van der Waals surface area contributed by atoms with Gasteiger partial charge in [0.2, 0.25) is 0 Å². The Kier molecular flexibility index (Phi) is 6.16. The summed E-state index contributed by atoms with van der Waals surface area (Å²) in [6, 6.07) is 30.5. The zero-order valence-electron chi connectivity index (χ0n) is 19.9. The van der Waals surface area contributed by atoms with E-state index in [1.807, 2.05) is 93.6 Å². The van der Waals surface area contributed by atoms with Crippen molar-refractivity contribution in [3.05, 3.63) is 106 Å². The van der Waals surface area contributed by atoms with Crippen molar-refractivity contribution in [2.75, 3.05) is 0 Å². The Morgan fingerprint density at radius 2 is 0.914 bits per heavy atom. The lowest BCUT2D eigenvalue weighted by Crippen LogP contribution is -2.57. The number of nitrogens with zero attached hydrogens (tertiary/aromatic N) is 4. The fraction of sp³-hybridized carbons (Fsp3) is 0.267. The molecule has 0 amide bonds. The molecule has 35 heavy (non-hydrogen) atoms. The van der Waals surface area contributed by atoms with E-state index in [0.29, 0.717) is 5.56 Å². The van der Waals surface area contributed by atoms with Crippen LogP contribution in [0.3, 0.4) is 0 Å². The molecule has 3 aromatic rings. The Morgan fingerprint density at radius 3 is 1.26 bits per heavy atom. The summed E-state index contributed by atoms with van der Waals surface area (Å²) < 4.78 is 0. The molecule has 0 radical (unpaired) electrons. The fourth-order valence-electron chi connectivity index (χ4n) is 5.48. The summed E-state index contributed by atoms with van der Waals surface area (Å²) in [7, 11) is 0. The molecule has 1 N–H and O–H groups in total. The van der Waals surface area contributed by atoms with Crippen molar-refractivity contribution in [3.8, 4) is 24.3 Å². The fourth-order valence-corrected chi connectivity index (χ4v) is 5.48. The molecular weight excluding hydrogens is 430 g/mol. The van der Waals surface area contributed by atoms with Gasteiger partial charge >= 0.3 is 0 Å². The second kappa shape index (κ2) is 9.08. The van der Waals surface area contributed by atoms with E-state index in [9.17, 15) is 21.0 Å². The molecule has 4 rings (SSSR count). The van der Waals surface area contributed by atoms with E-state index in [2.05, 4.69) is 29.6 Å². The smallest absolute Gasteiger partial charge is 0.172 e. The molecule has 1 aliphatic heterocycles. The van der Waals surface area contributed by atoms with Crippen molar-refractivity contribution in [2.45, 2.75) is 38.8 Å². The quantitative estimate of drug-likeness (QED) is 0.533. The summed E-state index contributed by atoms with van der Waals surface area (Å²) in [5.74, 6) is -0.989. The van der Waals surface area contributed by atoms with Gasteiger partial charge in [-0.25, -0.2) is 0 Å². The molecule has 170 valence electrons. The number of aryl methyl sites for hydroxylation is 3. The van der Waals surface area contributed by atoms with Crippen LogP contribution in [0.5, 0.6) is 0 Å². The Bertz CT molecular complexity index is 1330. The van der Waals surface area contributed by atoms with Crippen LogP contribution in [-0.4, -0.2) is 0 Å². The van der Waals surface area contributed by atoms with Crippen LogP contribution in [0.1, 0.15) is 51.4 Å². The highest BCUT2D eigenvalue weighted by atomic mass is 15.0. The number of nitrogens with one attached hydrogen (secondary N) is 1. The van der Waals surface area contributed by atoms with E-state index in [-0.39, 0.29) is 0 Å². The van der Waals surface area contributed by atoms with Gasteiger partial charge in [0.05, 0.1) is 42.3 Å². The highest BCUT2D eigenvalue weighted by Crippen LogP contribution is 2.61. The van der Waals surface area contributed by atoms with E-state index in [0.717, 1.165) is 27.8 Å². The second-order valence-electron chi connectivity index (χ2n) is 9.39. The van der Waals surface area contributed by atoms with Crippen LogP contribution >= 0.6 is 0 Å². The van der Waals surface area contributed by atoms with Crippen molar-refractivity contribution in [3.63, 3.8) is 0 Å². The summed E-state index contributed by atoms with van der Waals surface area (Å²) >= 11 is 0. The van der Waals surface area contributed by atoms with Crippen LogP contribution in [-0.2, 0) is 0 Å². The van der Waals surface area contributed by atoms with E-state index in [1.54, 1.807) is 0 Å². The van der Waals surface area contributed by atoms with Crippen molar-refractivity contribution < 1.29 is 0 Å². The third-order valence-electron chi connectivity index (χ3n) is 7.02. The van der Waals surface area contributed by atoms with Gasteiger partial charge < -0.3 is 0 Å². The summed E-state index contributed by atoms with van der Waals surface area (Å²) in [4.78, 5) is 0. The minimum atomic E-state index is -1.71. The number of nitriles is 4. The van der Waals surface area contributed by atoms with Crippen LogP contribution in [0.2, 0.25) is 0 Å². The van der Waals surface area contributed by atoms with E-state index < -0.39 is 28.8 Å². The molecule has 2 atom stereocenters. The molecule has 5 heteroatoms. The van der Waals surface area contributed by atoms with Gasteiger partial charge in [-0.1, -0.05) is 89.5 Å². The van der Waals surface area contributed by atoms with Gasteiger partial charge in [0.25, 0.3) is 0 Å². The van der Waals surface area contributed by atoms with E-state index >= 15 is 0 Å². The van der Waals surface area contributed by atoms with Crippen molar-refractivity contribution in [1.82, 2.24) is 5.32 Å². The number of rotatable bonds is 3. The van der Waals surface area contributed by atoms with Crippen molar-refractivity contribution >= 4 is 0 Å². The molecule has 1 fully saturated rings. The summed E-state index contributed by atoms with van der Waals surface area (Å²) in [5, 5.41) is 46.0. The third kappa shape index (κ3) is 3.74. The molecule has 0 aromatic heterocycles. The Balaban J connectivity index is 2.11. The maximum absolute atomic E-state index is 10.6. The second-order valence-corrected chi connectivity index (χ2v) is 9.39. The lowest BCUT2D eigenvalue weighted by Gasteiger charge is -2.51. The Hall–Kier alpha value is -4.42. The van der Waals surface area contributed by atoms with Gasteiger partial charge in [0.15, 0.2) is 10.8 Å². The van der Waals surface area contributed by atoms with Gasteiger partial charge in [-0.15, -0.1) is 0 Å². The van der Waals surface area contributed by atoms with Crippen molar-refractivity contribution in [2.24, 2.45) is 10.8 Å². The molecular formula is C30H25N5. The summed E-state index contributed by atoms with van der Waals surface area (Å²) in [6.07, 6.45) is 0. The standard InChI is InChI=1S/C30H25N5/c1-20-7-4-10-23(13-20)26-29(16-31,17-32)27(24-11-5-8-21(2)14-24)35-28(30(26,18-33)19-34)25-12-6-9-22(3)15-25/h4-15,26-28,35H,1-3H3. The van der Waals surface area contributed by atoms with Gasteiger partial charge in [-0.2, -0.15) is 21.0 Å². The first kappa shape index (κ1) is 23.7. The van der Waals surface area contributed by atoms with Gasteiger partial charge in [-0.05, 0) is 37.5 Å². The topological polar surface area (TPSA) is 107 Å². The first-order chi connectivity index (χ1) is 16.8. The average molecular weight is 456 g/mol. The van der Waals surface area contributed by atoms with Crippen molar-refractivity contribution in [1.29, 1.82) is 21.0 Å². The van der Waals surface area contributed by atoms with E-state index in [1.165, 1.54) is 0 Å². The zero-order valence-corrected chi connectivity index (χ0v) is 19.9. The number of benzene rings is 3. The van der Waals surface area contributed by atoms with Crippen LogP contribution in [0, 0.1) is 76.9 Å². The molecule has 0 bridgehead atoms. The summed E-state index contributed by atoms with van der Waals surface area (Å²) in [6.45, 7) is 5.83. The number of hydrogen-bond donors (Lipinski definition) is 1. The highest BCUT2D eigenvalue weighted by molar-refractivity contribution is 5.50. The Morgan fingerprint density at radius 1 is 0.571 bits per heavy atom. The van der Waals surface area contributed by atoms with Crippen LogP contribution < -0.4 is 5.32 Å². The van der Waals surface area contributed by atoms with Gasteiger partial charge in [0.1, 0.15) is 0 Å². The average Bonchev–Trinajstić information content (AvgIpc) is 2.87. The zero-order chi connectivity index (χ0) is 25.2. The van der Waals surface area contributed by atoms with Gasteiger partial charge in [-0.3, -0.25) is 5.32 Å². The maximum atomic E-state index is 10.6. The molecule has 0 spiro atoms. The monoisotopic (exact) mass is 455 g/mol. The van der Waals surface area contributed by atoms with Gasteiger partial charge in [0, 0.05) is 0 Å². The lowest BCUT2D eigenvalue weighted by molar-refractivity contribution is 0.0997. The number of hydrogen-bond acceptors (Lipinski definition) is 5. The number of piperidine rings is 1. The highest BCUT2D eigenvalue weighted by Gasteiger charge is 2.65. The normalized spacial score (nSPS) is 22.1. The molecule has 0 aliphatic carbocycles. The Labute approximate surface area is 206 Å². The SMILES string of the molecule is Cc1cccc(C2NC(c3cccc(C)c3)C(C#N)(C#N)C(c3cccc(C)c3)C2(C#N)C#N)c1. The van der Waals surface area contributed by atoms with Crippen LogP contribution in [0.4, 0.5) is 0 Å². The first-order valence-corrected chi connectivity index (χ1v) is 11.5. The molecule has 1 heterocycles. The molecule has 5 nitrogen and oxygen atoms in total. The predicted octanol–water partition coefficient (Wildman–Crippen LogP) is 5.85. The summed E-state index contributed by atoms with van der Waals surface area (Å²) in [5.41, 5.74) is 1.65. The lowest BCUT2D eigenvalue weighted by atomic mass is 9.51. The molecule has 1 aliphatic rings. The minimum absolute atomic E-state index is 0.632. The third-order valence-corrected chi connectivity index (χ3v) is 7.02. The molecule has 3 aromatic carbocycles.